The van der Waals surface area contributed by atoms with Crippen LogP contribution in [0.3, 0.4) is 0 Å². The Morgan fingerprint density at radius 3 is 2.62 bits per heavy atom. The third-order valence-electron chi connectivity index (χ3n) is 5.22. The minimum Gasteiger partial charge on any atom is -0.341 e. The lowest BCUT2D eigenvalue weighted by atomic mass is 9.92. The van der Waals surface area contributed by atoms with Crippen LogP contribution in [0, 0.1) is 5.82 Å². The number of hydrogen-bond acceptors (Lipinski definition) is 3. The summed E-state index contributed by atoms with van der Waals surface area (Å²) in [5.74, 6) is -0.442. The van der Waals surface area contributed by atoms with Gasteiger partial charge in [0.25, 0.3) is 0 Å². The number of aryl methyl sites for hydroxylation is 2. The van der Waals surface area contributed by atoms with Gasteiger partial charge in [-0.25, -0.2) is 17.5 Å². The highest BCUT2D eigenvalue weighted by atomic mass is 32.2. The number of nitrogens with one attached hydrogen (secondary N) is 1. The molecule has 1 amide bonds. The molecule has 2 aromatic carbocycles. The van der Waals surface area contributed by atoms with Crippen molar-refractivity contribution >= 4 is 15.9 Å². The Labute approximate surface area is 172 Å². The van der Waals surface area contributed by atoms with Crippen molar-refractivity contribution < 1.29 is 17.6 Å². The Bertz CT molecular complexity index is 976. The van der Waals surface area contributed by atoms with Crippen LogP contribution >= 0.6 is 0 Å². The number of hydrogen-bond donors (Lipinski definition) is 1. The number of halogens is 1. The second-order valence-electron chi connectivity index (χ2n) is 7.52. The van der Waals surface area contributed by atoms with Gasteiger partial charge in [-0.15, -0.1) is 0 Å². The average molecular weight is 419 g/mol. The van der Waals surface area contributed by atoms with E-state index in [2.05, 4.69) is 4.72 Å². The number of benzene rings is 2. The summed E-state index contributed by atoms with van der Waals surface area (Å²) in [6, 6.07) is 11.5. The largest absolute Gasteiger partial charge is 0.341 e. The van der Waals surface area contributed by atoms with Crippen LogP contribution in [-0.2, 0) is 34.2 Å². The van der Waals surface area contributed by atoms with Crippen molar-refractivity contribution in [3.05, 3.63) is 65.0 Å². The normalized spacial score (nSPS) is 13.7. The molecule has 0 radical (unpaired) electrons. The summed E-state index contributed by atoms with van der Waals surface area (Å²) in [4.78, 5) is 14.0. The van der Waals surface area contributed by atoms with Crippen molar-refractivity contribution in [2.75, 3.05) is 13.6 Å². The van der Waals surface area contributed by atoms with E-state index in [1.54, 1.807) is 31.3 Å². The Morgan fingerprint density at radius 1 is 1.10 bits per heavy atom. The third-order valence-corrected chi connectivity index (χ3v) is 6.68. The fourth-order valence-electron chi connectivity index (χ4n) is 3.59. The quantitative estimate of drug-likeness (QED) is 0.668. The summed E-state index contributed by atoms with van der Waals surface area (Å²) in [6.45, 7) is 0.510. The molecule has 0 fully saturated rings. The van der Waals surface area contributed by atoms with Gasteiger partial charge in [-0.1, -0.05) is 18.2 Å². The Hall–Kier alpha value is -2.25. The van der Waals surface area contributed by atoms with Gasteiger partial charge < -0.3 is 4.90 Å². The van der Waals surface area contributed by atoms with E-state index in [4.69, 9.17) is 0 Å². The first-order valence-corrected chi connectivity index (χ1v) is 11.4. The van der Waals surface area contributed by atoms with E-state index in [0.29, 0.717) is 18.5 Å². The summed E-state index contributed by atoms with van der Waals surface area (Å²) in [5.41, 5.74) is 3.07. The molecule has 0 atom stereocenters. The molecule has 0 bridgehead atoms. The van der Waals surface area contributed by atoms with Gasteiger partial charge >= 0.3 is 0 Å². The monoisotopic (exact) mass is 418 g/mol. The fourth-order valence-corrected chi connectivity index (χ4v) is 4.72. The first-order chi connectivity index (χ1) is 13.8. The SMILES string of the molecule is CN(Cc1cccc(F)c1)C(=O)CCCNS(=O)(=O)c1ccc2c(c1)CCCC2. The summed E-state index contributed by atoms with van der Waals surface area (Å²) < 4.78 is 40.9. The molecule has 5 nitrogen and oxygen atoms in total. The molecule has 1 aliphatic carbocycles. The molecule has 0 heterocycles. The van der Waals surface area contributed by atoms with E-state index in [9.17, 15) is 17.6 Å². The molecular formula is C22H27FN2O3S. The van der Waals surface area contributed by atoms with Gasteiger partial charge in [0.2, 0.25) is 15.9 Å². The lowest BCUT2D eigenvalue weighted by molar-refractivity contribution is -0.130. The van der Waals surface area contributed by atoms with Crippen molar-refractivity contribution in [3.8, 4) is 0 Å². The topological polar surface area (TPSA) is 66.5 Å². The molecule has 0 saturated carbocycles. The second kappa shape index (κ2) is 9.50. The smallest absolute Gasteiger partial charge is 0.240 e. The number of rotatable bonds is 8. The first kappa shape index (κ1) is 21.5. The van der Waals surface area contributed by atoms with Crippen LogP contribution in [0.2, 0.25) is 0 Å². The average Bonchev–Trinajstić information content (AvgIpc) is 2.70. The van der Waals surface area contributed by atoms with Crippen molar-refractivity contribution in [1.82, 2.24) is 9.62 Å². The molecular weight excluding hydrogens is 391 g/mol. The van der Waals surface area contributed by atoms with E-state index < -0.39 is 10.0 Å². The molecule has 29 heavy (non-hydrogen) atoms. The maximum atomic E-state index is 13.2. The van der Waals surface area contributed by atoms with Crippen LogP contribution < -0.4 is 4.72 Å². The van der Waals surface area contributed by atoms with Gasteiger partial charge in [0.1, 0.15) is 5.82 Å². The van der Waals surface area contributed by atoms with Crippen molar-refractivity contribution in [3.63, 3.8) is 0 Å². The highest BCUT2D eigenvalue weighted by Crippen LogP contribution is 2.24. The predicted octanol–water partition coefficient (Wildman–Crippen LogP) is 3.42. The number of fused-ring (bicyclic) bond motifs is 1. The van der Waals surface area contributed by atoms with E-state index in [-0.39, 0.29) is 29.6 Å². The minimum atomic E-state index is -3.58. The van der Waals surface area contributed by atoms with Gasteiger partial charge in [0.05, 0.1) is 4.90 Å². The first-order valence-electron chi connectivity index (χ1n) is 9.95. The van der Waals surface area contributed by atoms with Gasteiger partial charge in [-0.2, -0.15) is 0 Å². The molecule has 0 aliphatic heterocycles. The van der Waals surface area contributed by atoms with Gasteiger partial charge in [0.15, 0.2) is 0 Å². The van der Waals surface area contributed by atoms with Crippen molar-refractivity contribution in [1.29, 1.82) is 0 Å². The summed E-state index contributed by atoms with van der Waals surface area (Å²) in [7, 11) is -1.92. The van der Waals surface area contributed by atoms with Gasteiger partial charge in [-0.05, 0) is 73.1 Å². The highest BCUT2D eigenvalue weighted by Gasteiger charge is 2.18. The maximum Gasteiger partial charge on any atom is 0.240 e. The highest BCUT2D eigenvalue weighted by molar-refractivity contribution is 7.89. The molecule has 3 rings (SSSR count). The van der Waals surface area contributed by atoms with E-state index in [1.807, 2.05) is 6.07 Å². The van der Waals surface area contributed by atoms with E-state index in [1.165, 1.54) is 22.6 Å². The van der Waals surface area contributed by atoms with Crippen LogP contribution in [0.25, 0.3) is 0 Å². The molecule has 7 heteroatoms. The predicted molar refractivity (Wildman–Crippen MR) is 110 cm³/mol. The van der Waals surface area contributed by atoms with Gasteiger partial charge in [-0.3, -0.25) is 4.79 Å². The Balaban J connectivity index is 1.47. The molecule has 0 unspecified atom stereocenters. The summed E-state index contributed by atoms with van der Waals surface area (Å²) in [6.07, 6.45) is 4.79. The van der Waals surface area contributed by atoms with Crippen LogP contribution in [0.5, 0.6) is 0 Å². The number of sulfonamides is 1. The van der Waals surface area contributed by atoms with Crippen LogP contribution in [0.1, 0.15) is 42.4 Å². The molecule has 0 spiro atoms. The van der Waals surface area contributed by atoms with E-state index >= 15 is 0 Å². The third kappa shape index (κ3) is 5.87. The molecule has 0 aromatic heterocycles. The van der Waals surface area contributed by atoms with Crippen LogP contribution in [0.4, 0.5) is 4.39 Å². The minimum absolute atomic E-state index is 0.109. The number of carbonyl (C=O) groups is 1. The summed E-state index contributed by atoms with van der Waals surface area (Å²) in [5, 5.41) is 0. The Kier molecular flexibility index (Phi) is 7.03. The van der Waals surface area contributed by atoms with Crippen molar-refractivity contribution in [2.24, 2.45) is 0 Å². The van der Waals surface area contributed by atoms with Gasteiger partial charge in [0, 0.05) is 26.6 Å². The fraction of sp³-hybridized carbons (Fsp3) is 0.409. The Morgan fingerprint density at radius 2 is 1.86 bits per heavy atom. The molecule has 156 valence electrons. The number of nitrogens with zero attached hydrogens (tertiary/aromatic N) is 1. The molecule has 0 saturated heterocycles. The van der Waals surface area contributed by atoms with Crippen LogP contribution in [-0.4, -0.2) is 32.8 Å². The number of carbonyl (C=O) groups excluding carboxylic acids is 1. The zero-order valence-electron chi connectivity index (χ0n) is 16.7. The van der Waals surface area contributed by atoms with Crippen LogP contribution in [0.15, 0.2) is 47.4 Å². The maximum absolute atomic E-state index is 13.2. The summed E-state index contributed by atoms with van der Waals surface area (Å²) >= 11 is 0. The molecule has 1 N–H and O–H groups in total. The standard InChI is InChI=1S/C22H27FN2O3S/c1-25(16-17-6-4-9-20(23)14-17)22(26)10-5-13-24-29(27,28)21-12-11-18-7-2-3-8-19(18)15-21/h4,6,9,11-12,14-15,24H,2-3,5,7-8,10,13,16H2,1H3. The molecule has 2 aromatic rings. The lowest BCUT2D eigenvalue weighted by Gasteiger charge is -2.18. The van der Waals surface area contributed by atoms with E-state index in [0.717, 1.165) is 31.2 Å². The molecule has 1 aliphatic rings. The zero-order valence-corrected chi connectivity index (χ0v) is 17.5. The van der Waals surface area contributed by atoms with Crippen molar-refractivity contribution in [2.45, 2.75) is 50.0 Å². The zero-order chi connectivity index (χ0) is 20.9. The number of amides is 1. The second-order valence-corrected chi connectivity index (χ2v) is 9.29. The lowest BCUT2D eigenvalue weighted by Crippen LogP contribution is -2.29.